The number of aliphatic hydroxyl groups excluding tert-OH is 1. The molecule has 0 radical (unpaired) electrons. The molecule has 1 saturated heterocycles. The summed E-state index contributed by atoms with van der Waals surface area (Å²) in [6, 6.07) is 10.6. The van der Waals surface area contributed by atoms with Crippen LogP contribution in [0.5, 0.6) is 0 Å². The molecule has 4 rings (SSSR count). The van der Waals surface area contributed by atoms with Crippen molar-refractivity contribution in [2.75, 3.05) is 26.3 Å². The molecule has 3 aliphatic rings. The second-order valence-electron chi connectivity index (χ2n) is 8.32. The van der Waals surface area contributed by atoms with Gasteiger partial charge in [0, 0.05) is 36.4 Å². The molecule has 0 aromatic heterocycles. The van der Waals surface area contributed by atoms with Crippen LogP contribution in [-0.2, 0) is 4.74 Å². The Kier molecular flexibility index (Phi) is 5.69. The van der Waals surface area contributed by atoms with Crippen LogP contribution in [0.3, 0.4) is 0 Å². The molecule has 1 spiro atoms. The van der Waals surface area contributed by atoms with E-state index in [1.54, 1.807) is 0 Å². The summed E-state index contributed by atoms with van der Waals surface area (Å²) in [6.45, 7) is 4.54. The number of hydrogen-bond donors (Lipinski definition) is 3. The quantitative estimate of drug-likeness (QED) is 0.531. The first-order chi connectivity index (χ1) is 13.3. The lowest BCUT2D eigenvalue weighted by atomic mass is 9.54. The predicted octanol–water partition coefficient (Wildman–Crippen LogP) is 2.67. The van der Waals surface area contributed by atoms with E-state index in [0.29, 0.717) is 30.0 Å². The Morgan fingerprint density at radius 2 is 2.07 bits per heavy atom. The van der Waals surface area contributed by atoms with Crippen molar-refractivity contribution in [1.82, 2.24) is 10.6 Å². The minimum atomic E-state index is 0.0334. The predicted molar refractivity (Wildman–Crippen MR) is 108 cm³/mol. The van der Waals surface area contributed by atoms with Gasteiger partial charge in [-0.25, -0.2) is 0 Å². The van der Waals surface area contributed by atoms with Crippen LogP contribution in [-0.4, -0.2) is 49.5 Å². The lowest BCUT2D eigenvalue weighted by molar-refractivity contribution is -0.125. The molecule has 5 heteroatoms. The third-order valence-corrected chi connectivity index (χ3v) is 6.88. The van der Waals surface area contributed by atoms with E-state index in [-0.39, 0.29) is 12.5 Å². The number of benzene rings is 1. The smallest absolute Gasteiger partial charge is 0.191 e. The van der Waals surface area contributed by atoms with E-state index in [4.69, 9.17) is 9.73 Å². The van der Waals surface area contributed by atoms with Gasteiger partial charge in [-0.2, -0.15) is 0 Å². The van der Waals surface area contributed by atoms with E-state index in [1.807, 2.05) is 18.2 Å². The summed E-state index contributed by atoms with van der Waals surface area (Å²) < 4.78 is 6.10. The van der Waals surface area contributed by atoms with Crippen molar-refractivity contribution in [2.45, 2.75) is 57.1 Å². The Hall–Kier alpha value is -1.59. The zero-order chi connectivity index (χ0) is 18.7. The maximum absolute atomic E-state index is 9.83. The highest BCUT2D eigenvalue weighted by Gasteiger charge is 2.65. The summed E-state index contributed by atoms with van der Waals surface area (Å²) >= 11 is 0. The third kappa shape index (κ3) is 3.47. The van der Waals surface area contributed by atoms with Crippen LogP contribution >= 0.6 is 0 Å². The maximum atomic E-state index is 9.83. The molecule has 1 aromatic rings. The largest absolute Gasteiger partial charge is 0.396 e. The monoisotopic (exact) mass is 371 g/mol. The summed E-state index contributed by atoms with van der Waals surface area (Å²) in [5, 5.41) is 17.0. The van der Waals surface area contributed by atoms with Crippen LogP contribution in [0.2, 0.25) is 0 Å². The van der Waals surface area contributed by atoms with Gasteiger partial charge in [0.1, 0.15) is 0 Å². The van der Waals surface area contributed by atoms with E-state index in [2.05, 4.69) is 29.7 Å². The number of aliphatic imine (C=N–C) groups is 1. The molecule has 3 N–H and O–H groups in total. The van der Waals surface area contributed by atoms with E-state index in [0.717, 1.165) is 31.1 Å². The van der Waals surface area contributed by atoms with E-state index in [9.17, 15) is 5.11 Å². The fraction of sp³-hybridized carbons (Fsp3) is 0.682. The fourth-order valence-corrected chi connectivity index (χ4v) is 5.57. The third-order valence-electron chi connectivity index (χ3n) is 6.88. The van der Waals surface area contributed by atoms with Crippen LogP contribution < -0.4 is 10.6 Å². The molecule has 0 bridgehead atoms. The van der Waals surface area contributed by atoms with E-state index in [1.165, 1.54) is 25.7 Å². The lowest BCUT2D eigenvalue weighted by Gasteiger charge is -2.57. The fourth-order valence-electron chi connectivity index (χ4n) is 5.57. The number of hydrogen-bond acceptors (Lipinski definition) is 3. The molecule has 0 amide bonds. The van der Waals surface area contributed by atoms with Crippen LogP contribution in [0.25, 0.3) is 0 Å². The number of nitrogens with zero attached hydrogens (tertiary/aromatic N) is 1. The van der Waals surface area contributed by atoms with Crippen molar-refractivity contribution in [2.24, 2.45) is 16.3 Å². The van der Waals surface area contributed by atoms with Gasteiger partial charge in [0.15, 0.2) is 5.96 Å². The number of rotatable bonds is 6. The average Bonchev–Trinajstić information content (AvgIpc) is 3.36. The zero-order valence-corrected chi connectivity index (χ0v) is 16.4. The Bertz CT molecular complexity index is 642. The first-order valence-electron chi connectivity index (χ1n) is 10.6. The van der Waals surface area contributed by atoms with Crippen molar-refractivity contribution >= 4 is 5.96 Å². The van der Waals surface area contributed by atoms with Gasteiger partial charge in [-0.3, -0.25) is 4.99 Å². The van der Waals surface area contributed by atoms with Gasteiger partial charge >= 0.3 is 0 Å². The normalized spacial score (nSPS) is 30.0. The van der Waals surface area contributed by atoms with Crippen molar-refractivity contribution in [1.29, 1.82) is 0 Å². The van der Waals surface area contributed by atoms with Crippen LogP contribution in [0.15, 0.2) is 35.3 Å². The molecule has 2 aliphatic carbocycles. The molecule has 4 unspecified atom stereocenters. The summed E-state index contributed by atoms with van der Waals surface area (Å²) in [5.74, 6) is 1.54. The first kappa shape index (κ1) is 18.8. The molecule has 4 atom stereocenters. The number of ether oxygens (including phenoxy) is 1. The highest BCUT2D eigenvalue weighted by molar-refractivity contribution is 5.80. The van der Waals surface area contributed by atoms with Crippen molar-refractivity contribution in [3.63, 3.8) is 0 Å². The molecule has 1 aromatic carbocycles. The second-order valence-corrected chi connectivity index (χ2v) is 8.32. The van der Waals surface area contributed by atoms with E-state index < -0.39 is 0 Å². The number of guanidine groups is 1. The molecule has 1 heterocycles. The SMILES string of the molecule is CCNC(=NCC(CO)c1ccccc1)NC1C2CCOC2C12CCCC2. The van der Waals surface area contributed by atoms with Gasteiger partial charge in [-0.05, 0) is 31.7 Å². The van der Waals surface area contributed by atoms with Crippen LogP contribution in [0, 0.1) is 11.3 Å². The number of fused-ring (bicyclic) bond motifs is 2. The minimum absolute atomic E-state index is 0.0334. The molecule has 27 heavy (non-hydrogen) atoms. The molecule has 3 fully saturated rings. The summed E-state index contributed by atoms with van der Waals surface area (Å²) in [4.78, 5) is 4.85. The molecule has 5 nitrogen and oxygen atoms in total. The number of nitrogens with one attached hydrogen (secondary N) is 2. The first-order valence-corrected chi connectivity index (χ1v) is 10.6. The number of aliphatic hydroxyl groups is 1. The lowest BCUT2D eigenvalue weighted by Crippen LogP contribution is -2.69. The van der Waals surface area contributed by atoms with Crippen LogP contribution in [0.1, 0.15) is 50.5 Å². The zero-order valence-electron chi connectivity index (χ0n) is 16.4. The molecular formula is C22H33N3O2. The van der Waals surface area contributed by atoms with Crippen molar-refractivity contribution in [3.8, 4) is 0 Å². The maximum Gasteiger partial charge on any atom is 0.191 e. The molecule has 2 saturated carbocycles. The van der Waals surface area contributed by atoms with Crippen LogP contribution in [0.4, 0.5) is 0 Å². The average molecular weight is 372 g/mol. The Morgan fingerprint density at radius 3 is 2.78 bits per heavy atom. The molecule has 1 aliphatic heterocycles. The Balaban J connectivity index is 1.46. The molecular weight excluding hydrogens is 338 g/mol. The standard InChI is InChI=1S/C22H33N3O2/c1-2-23-21(24-14-17(15-26)16-8-4-3-5-9-16)25-19-18-10-13-27-20(18)22(19)11-6-7-12-22/h3-5,8-9,17-20,26H,2,6-7,10-15H2,1H3,(H2,23,24,25). The summed E-state index contributed by atoms with van der Waals surface area (Å²) in [7, 11) is 0. The Morgan fingerprint density at radius 1 is 1.30 bits per heavy atom. The van der Waals surface area contributed by atoms with Crippen molar-refractivity contribution < 1.29 is 9.84 Å². The van der Waals surface area contributed by atoms with Gasteiger partial charge in [0.25, 0.3) is 0 Å². The van der Waals surface area contributed by atoms with Crippen molar-refractivity contribution in [3.05, 3.63) is 35.9 Å². The minimum Gasteiger partial charge on any atom is -0.396 e. The highest BCUT2D eigenvalue weighted by atomic mass is 16.5. The summed E-state index contributed by atoms with van der Waals surface area (Å²) in [6.07, 6.45) is 6.79. The van der Waals surface area contributed by atoms with Gasteiger partial charge in [0.2, 0.25) is 0 Å². The summed E-state index contributed by atoms with van der Waals surface area (Å²) in [5.41, 5.74) is 1.45. The van der Waals surface area contributed by atoms with Gasteiger partial charge < -0.3 is 20.5 Å². The van der Waals surface area contributed by atoms with Gasteiger partial charge in [0.05, 0.1) is 19.3 Å². The molecule has 148 valence electrons. The van der Waals surface area contributed by atoms with Gasteiger partial charge in [-0.15, -0.1) is 0 Å². The second kappa shape index (κ2) is 8.19. The topological polar surface area (TPSA) is 65.9 Å². The van der Waals surface area contributed by atoms with E-state index >= 15 is 0 Å². The highest BCUT2D eigenvalue weighted by Crippen LogP contribution is 2.60. The van der Waals surface area contributed by atoms with Gasteiger partial charge in [-0.1, -0.05) is 43.2 Å². The Labute approximate surface area is 162 Å².